The van der Waals surface area contributed by atoms with Crippen molar-refractivity contribution in [3.05, 3.63) is 69.4 Å². The molecule has 0 radical (unpaired) electrons. The Kier molecular flexibility index (Phi) is 5.28. The van der Waals surface area contributed by atoms with Crippen molar-refractivity contribution in [2.24, 2.45) is 0 Å². The number of aryl methyl sites for hydroxylation is 2. The minimum atomic E-state index is -0.135. The van der Waals surface area contributed by atoms with Crippen LogP contribution in [0.1, 0.15) is 45.4 Å². The van der Waals surface area contributed by atoms with Crippen molar-refractivity contribution < 1.29 is 4.79 Å². The van der Waals surface area contributed by atoms with Crippen molar-refractivity contribution >= 4 is 17.2 Å². The number of thiazole rings is 1. The lowest BCUT2D eigenvalue weighted by Gasteiger charge is -2.14. The molecule has 2 aromatic heterocycles. The fourth-order valence-corrected chi connectivity index (χ4v) is 3.59. The molecule has 0 saturated carbocycles. The van der Waals surface area contributed by atoms with E-state index in [2.05, 4.69) is 27.5 Å². The summed E-state index contributed by atoms with van der Waals surface area (Å²) in [6, 6.07) is 12.3. The highest BCUT2D eigenvalue weighted by molar-refractivity contribution is 7.09. The van der Waals surface area contributed by atoms with Crippen LogP contribution in [0.25, 0.3) is 0 Å². The molecule has 5 nitrogen and oxygen atoms in total. The minimum Gasteiger partial charge on any atom is -0.349 e. The van der Waals surface area contributed by atoms with Gasteiger partial charge in [-0.2, -0.15) is 5.10 Å². The van der Waals surface area contributed by atoms with Gasteiger partial charge in [0.15, 0.2) is 0 Å². The number of nitrogens with zero attached hydrogens (tertiary/aromatic N) is 3. The minimum absolute atomic E-state index is 0.0973. The van der Waals surface area contributed by atoms with Crippen LogP contribution in [0.15, 0.2) is 41.8 Å². The van der Waals surface area contributed by atoms with Crippen molar-refractivity contribution in [1.29, 1.82) is 0 Å². The summed E-state index contributed by atoms with van der Waals surface area (Å²) in [4.78, 5) is 16.8. The lowest BCUT2D eigenvalue weighted by atomic mass is 10.2. The molecule has 0 fully saturated rings. The Morgan fingerprint density at radius 2 is 2.04 bits per heavy atom. The zero-order valence-electron chi connectivity index (χ0n) is 14.7. The van der Waals surface area contributed by atoms with Gasteiger partial charge in [0.1, 0.15) is 5.69 Å². The highest BCUT2D eigenvalue weighted by Crippen LogP contribution is 2.15. The van der Waals surface area contributed by atoms with Gasteiger partial charge >= 0.3 is 0 Å². The van der Waals surface area contributed by atoms with E-state index in [1.165, 1.54) is 16.9 Å². The highest BCUT2D eigenvalue weighted by atomic mass is 32.1. The maximum absolute atomic E-state index is 12.3. The predicted molar refractivity (Wildman–Crippen MR) is 100 cm³/mol. The Hall–Kier alpha value is -2.47. The van der Waals surface area contributed by atoms with E-state index in [0.717, 1.165) is 22.8 Å². The molecule has 130 valence electrons. The van der Waals surface area contributed by atoms with Gasteiger partial charge in [-0.25, -0.2) is 4.98 Å². The summed E-state index contributed by atoms with van der Waals surface area (Å²) < 4.78 is 1.94. The maximum atomic E-state index is 12.3. The maximum Gasteiger partial charge on any atom is 0.270 e. The molecule has 1 N–H and O–H groups in total. The number of hydrogen-bond donors (Lipinski definition) is 1. The monoisotopic (exact) mass is 354 g/mol. The van der Waals surface area contributed by atoms with Gasteiger partial charge in [0.2, 0.25) is 0 Å². The van der Waals surface area contributed by atoms with E-state index in [4.69, 9.17) is 0 Å². The Morgan fingerprint density at radius 3 is 2.72 bits per heavy atom. The fraction of sp³-hybridized carbons (Fsp3) is 0.316. The number of carbonyl (C=O) groups is 1. The highest BCUT2D eigenvalue weighted by Gasteiger charge is 2.14. The van der Waals surface area contributed by atoms with Crippen LogP contribution in [0.2, 0.25) is 0 Å². The topological polar surface area (TPSA) is 59.8 Å². The molecule has 0 aliphatic rings. The lowest BCUT2D eigenvalue weighted by molar-refractivity contribution is 0.0943. The van der Waals surface area contributed by atoms with Gasteiger partial charge in [0, 0.05) is 24.0 Å². The lowest BCUT2D eigenvalue weighted by Crippen LogP contribution is -2.30. The van der Waals surface area contributed by atoms with Crippen LogP contribution in [0, 0.1) is 13.8 Å². The molecular weight excluding hydrogens is 332 g/mol. The average molecular weight is 354 g/mol. The molecule has 1 unspecified atom stereocenters. The summed E-state index contributed by atoms with van der Waals surface area (Å²) in [5.74, 6) is -0.135. The van der Waals surface area contributed by atoms with E-state index >= 15 is 0 Å². The van der Waals surface area contributed by atoms with Crippen LogP contribution in [0.3, 0.4) is 0 Å². The molecule has 1 aromatic carbocycles. The first kappa shape index (κ1) is 17.4. The standard InChI is InChI=1S/C19H22N4OS/c1-13-9-14(2)23(22-13)15(3)11-20-19(24)17-12-25-18(21-17)10-16-7-5-4-6-8-16/h4-9,12,15H,10-11H2,1-3H3,(H,20,24). The van der Waals surface area contributed by atoms with E-state index in [9.17, 15) is 4.79 Å². The second kappa shape index (κ2) is 7.61. The second-order valence-electron chi connectivity index (χ2n) is 6.22. The third-order valence-corrected chi connectivity index (χ3v) is 4.85. The molecular formula is C19H22N4OS. The summed E-state index contributed by atoms with van der Waals surface area (Å²) in [7, 11) is 0. The average Bonchev–Trinajstić information content (AvgIpc) is 3.19. The number of aromatic nitrogens is 3. The number of carbonyl (C=O) groups excluding carboxylic acids is 1. The number of hydrogen-bond acceptors (Lipinski definition) is 4. The summed E-state index contributed by atoms with van der Waals surface area (Å²) in [6.07, 6.45) is 0.751. The SMILES string of the molecule is Cc1cc(C)n(C(C)CNC(=O)c2csc(Cc3ccccc3)n2)n1. The molecule has 6 heteroatoms. The van der Waals surface area contributed by atoms with Crippen LogP contribution in [-0.2, 0) is 6.42 Å². The third kappa shape index (κ3) is 4.33. The van der Waals surface area contributed by atoms with Crippen LogP contribution < -0.4 is 5.32 Å². The van der Waals surface area contributed by atoms with Gasteiger partial charge < -0.3 is 5.32 Å². The first-order valence-electron chi connectivity index (χ1n) is 8.32. The summed E-state index contributed by atoms with van der Waals surface area (Å²) in [6.45, 7) is 6.56. The molecule has 0 bridgehead atoms. The molecule has 3 aromatic rings. The fourth-order valence-electron chi connectivity index (χ4n) is 2.78. The number of benzene rings is 1. The van der Waals surface area contributed by atoms with Crippen LogP contribution in [-0.4, -0.2) is 27.2 Å². The van der Waals surface area contributed by atoms with E-state index in [1.807, 2.05) is 55.1 Å². The second-order valence-corrected chi connectivity index (χ2v) is 7.16. The molecule has 25 heavy (non-hydrogen) atoms. The Labute approximate surface area is 151 Å². The van der Waals surface area contributed by atoms with Crippen molar-refractivity contribution in [1.82, 2.24) is 20.1 Å². The van der Waals surface area contributed by atoms with Gasteiger partial charge in [-0.15, -0.1) is 11.3 Å². The Balaban J connectivity index is 1.57. The van der Waals surface area contributed by atoms with Crippen LogP contribution in [0.4, 0.5) is 0 Å². The molecule has 0 saturated heterocycles. The summed E-state index contributed by atoms with van der Waals surface area (Å²) >= 11 is 1.52. The smallest absolute Gasteiger partial charge is 0.270 e. The molecule has 0 aliphatic heterocycles. The largest absolute Gasteiger partial charge is 0.349 e. The van der Waals surface area contributed by atoms with Gasteiger partial charge in [-0.1, -0.05) is 30.3 Å². The Bertz CT molecular complexity index is 853. The molecule has 1 amide bonds. The molecule has 1 atom stereocenters. The number of rotatable bonds is 6. The first-order valence-corrected chi connectivity index (χ1v) is 9.20. The molecule has 0 spiro atoms. The van der Waals surface area contributed by atoms with Crippen LogP contribution >= 0.6 is 11.3 Å². The molecule has 3 rings (SSSR count). The van der Waals surface area contributed by atoms with Crippen molar-refractivity contribution in [3.8, 4) is 0 Å². The van der Waals surface area contributed by atoms with Crippen LogP contribution in [0.5, 0.6) is 0 Å². The van der Waals surface area contributed by atoms with Crippen molar-refractivity contribution in [2.45, 2.75) is 33.2 Å². The normalized spacial score (nSPS) is 12.1. The quantitative estimate of drug-likeness (QED) is 0.736. The number of nitrogens with one attached hydrogen (secondary N) is 1. The van der Waals surface area contributed by atoms with E-state index in [-0.39, 0.29) is 11.9 Å². The zero-order chi connectivity index (χ0) is 17.8. The van der Waals surface area contributed by atoms with Crippen molar-refractivity contribution in [3.63, 3.8) is 0 Å². The van der Waals surface area contributed by atoms with E-state index in [1.54, 1.807) is 0 Å². The summed E-state index contributed by atoms with van der Waals surface area (Å²) in [5.41, 5.74) is 3.76. The van der Waals surface area contributed by atoms with E-state index in [0.29, 0.717) is 12.2 Å². The predicted octanol–water partition coefficient (Wildman–Crippen LogP) is 3.54. The van der Waals surface area contributed by atoms with Crippen molar-refractivity contribution in [2.75, 3.05) is 6.54 Å². The van der Waals surface area contributed by atoms with Gasteiger partial charge in [0.05, 0.1) is 16.7 Å². The third-order valence-electron chi connectivity index (χ3n) is 4.00. The van der Waals surface area contributed by atoms with Gasteiger partial charge in [-0.3, -0.25) is 9.48 Å². The van der Waals surface area contributed by atoms with E-state index < -0.39 is 0 Å². The molecule has 0 aliphatic carbocycles. The Morgan fingerprint density at radius 1 is 1.28 bits per heavy atom. The summed E-state index contributed by atoms with van der Waals surface area (Å²) in [5, 5.41) is 10.2. The first-order chi connectivity index (χ1) is 12.0. The molecule has 2 heterocycles. The van der Waals surface area contributed by atoms with Gasteiger partial charge in [0.25, 0.3) is 5.91 Å². The zero-order valence-corrected chi connectivity index (χ0v) is 15.5. The van der Waals surface area contributed by atoms with Gasteiger partial charge in [-0.05, 0) is 32.4 Å². The number of amides is 1.